The first-order valence-electron chi connectivity index (χ1n) is 8.58. The van der Waals surface area contributed by atoms with Crippen LogP contribution in [0.15, 0.2) is 47.6 Å². The number of hydrogen-bond donors (Lipinski definition) is 2. The molecule has 0 atom stereocenters. The molecule has 29 heavy (non-hydrogen) atoms. The Bertz CT molecular complexity index is 1050. The summed E-state index contributed by atoms with van der Waals surface area (Å²) in [5.74, 6) is 0.777. The molecule has 0 spiro atoms. The molecule has 0 saturated heterocycles. The highest BCUT2D eigenvalue weighted by atomic mass is 35.5. The van der Waals surface area contributed by atoms with E-state index in [2.05, 4.69) is 15.5 Å². The number of carbonyl (C=O) groups is 1. The maximum atomic E-state index is 12.1. The molecule has 3 N–H and O–H groups in total. The smallest absolute Gasteiger partial charge is 0.283 e. The average Bonchev–Trinajstić information content (AvgIpc) is 3.05. The first-order chi connectivity index (χ1) is 14.0. The minimum absolute atomic E-state index is 0.342. The van der Waals surface area contributed by atoms with E-state index in [1.807, 2.05) is 24.3 Å². The van der Waals surface area contributed by atoms with Gasteiger partial charge in [-0.15, -0.1) is 0 Å². The first-order valence-corrected chi connectivity index (χ1v) is 9.77. The maximum absolute atomic E-state index is 12.1. The van der Waals surface area contributed by atoms with Crippen LogP contribution in [0.3, 0.4) is 0 Å². The number of rotatable bonds is 7. The van der Waals surface area contributed by atoms with Crippen LogP contribution >= 0.6 is 22.9 Å². The molecule has 7 nitrogen and oxygen atoms in total. The fourth-order valence-corrected chi connectivity index (χ4v) is 3.45. The fourth-order valence-electron chi connectivity index (χ4n) is 2.52. The van der Waals surface area contributed by atoms with E-state index in [0.717, 1.165) is 22.5 Å². The summed E-state index contributed by atoms with van der Waals surface area (Å²) < 4.78 is 11.2. The molecule has 0 unspecified atom stereocenters. The minimum Gasteiger partial charge on any atom is -0.493 e. The Kier molecular flexibility index (Phi) is 6.69. The van der Waals surface area contributed by atoms with Crippen molar-refractivity contribution in [2.45, 2.75) is 13.5 Å². The van der Waals surface area contributed by atoms with Crippen LogP contribution in [-0.2, 0) is 6.61 Å². The minimum atomic E-state index is -0.360. The Morgan fingerprint density at radius 3 is 2.83 bits per heavy atom. The lowest BCUT2D eigenvalue weighted by Crippen LogP contribution is -2.17. The Labute approximate surface area is 177 Å². The predicted molar refractivity (Wildman–Crippen MR) is 115 cm³/mol. The van der Waals surface area contributed by atoms with E-state index < -0.39 is 0 Å². The summed E-state index contributed by atoms with van der Waals surface area (Å²) in [4.78, 5) is 16.6. The second kappa shape index (κ2) is 9.40. The van der Waals surface area contributed by atoms with Crippen molar-refractivity contribution in [1.82, 2.24) is 10.4 Å². The average molecular weight is 431 g/mol. The standard InChI is InChI=1S/C20H19ClN4O3S/c1-12-18(29-20(22)24-12)19(26)25-23-10-13-6-7-16(17(9-13)27-2)28-11-14-4-3-5-15(21)8-14/h3-10H,11H2,1-2H3,(H2,22,24)(H,25,26). The van der Waals surface area contributed by atoms with Gasteiger partial charge in [-0.1, -0.05) is 35.1 Å². The molecule has 1 aromatic heterocycles. The Morgan fingerprint density at radius 1 is 1.31 bits per heavy atom. The highest BCUT2D eigenvalue weighted by Crippen LogP contribution is 2.28. The van der Waals surface area contributed by atoms with E-state index in [0.29, 0.717) is 38.8 Å². The van der Waals surface area contributed by atoms with Gasteiger partial charge in [-0.05, 0) is 48.4 Å². The van der Waals surface area contributed by atoms with E-state index in [-0.39, 0.29) is 5.91 Å². The zero-order chi connectivity index (χ0) is 20.8. The molecular formula is C20H19ClN4O3S. The van der Waals surface area contributed by atoms with Crippen molar-refractivity contribution in [3.8, 4) is 11.5 Å². The monoisotopic (exact) mass is 430 g/mol. The number of nitrogens with one attached hydrogen (secondary N) is 1. The van der Waals surface area contributed by atoms with Crippen molar-refractivity contribution >= 4 is 40.2 Å². The Balaban J connectivity index is 1.64. The maximum Gasteiger partial charge on any atom is 0.283 e. The van der Waals surface area contributed by atoms with Gasteiger partial charge in [0.2, 0.25) is 0 Å². The number of amides is 1. The zero-order valence-corrected chi connectivity index (χ0v) is 17.4. The number of thiazole rings is 1. The number of aryl methyl sites for hydroxylation is 1. The van der Waals surface area contributed by atoms with E-state index in [1.165, 1.54) is 6.21 Å². The van der Waals surface area contributed by atoms with Gasteiger partial charge in [0.05, 0.1) is 19.0 Å². The lowest BCUT2D eigenvalue weighted by molar-refractivity contribution is 0.0958. The third kappa shape index (κ3) is 5.46. The number of nitrogens with zero attached hydrogens (tertiary/aromatic N) is 2. The molecule has 150 valence electrons. The molecule has 0 aliphatic heterocycles. The van der Waals surface area contributed by atoms with Crippen LogP contribution in [0.1, 0.15) is 26.5 Å². The van der Waals surface area contributed by atoms with Gasteiger partial charge in [-0.3, -0.25) is 4.79 Å². The van der Waals surface area contributed by atoms with Crippen LogP contribution in [0, 0.1) is 6.92 Å². The molecule has 0 radical (unpaired) electrons. The number of benzene rings is 2. The molecule has 3 aromatic rings. The number of nitrogens with two attached hydrogens (primary N) is 1. The number of ether oxygens (including phenoxy) is 2. The molecule has 1 heterocycles. The van der Waals surface area contributed by atoms with Crippen molar-refractivity contribution < 1.29 is 14.3 Å². The van der Waals surface area contributed by atoms with Gasteiger partial charge in [0.25, 0.3) is 5.91 Å². The number of hydrazone groups is 1. The number of methoxy groups -OCH3 is 1. The number of nitrogen functional groups attached to an aromatic ring is 1. The van der Waals surface area contributed by atoms with Gasteiger partial charge in [-0.2, -0.15) is 5.10 Å². The SMILES string of the molecule is COc1cc(C=NNC(=O)c2sc(N)nc2C)ccc1OCc1cccc(Cl)c1. The van der Waals surface area contributed by atoms with Crippen LogP contribution in [0.25, 0.3) is 0 Å². The zero-order valence-electron chi connectivity index (χ0n) is 15.8. The summed E-state index contributed by atoms with van der Waals surface area (Å²) in [5, 5.41) is 4.98. The van der Waals surface area contributed by atoms with E-state index >= 15 is 0 Å². The molecule has 9 heteroatoms. The number of halogens is 1. The highest BCUT2D eigenvalue weighted by molar-refractivity contribution is 7.17. The van der Waals surface area contributed by atoms with Gasteiger partial charge in [0.1, 0.15) is 11.5 Å². The van der Waals surface area contributed by atoms with Gasteiger partial charge < -0.3 is 15.2 Å². The van der Waals surface area contributed by atoms with Crippen LogP contribution < -0.4 is 20.6 Å². The fraction of sp³-hybridized carbons (Fsp3) is 0.150. The normalized spacial score (nSPS) is 10.9. The molecule has 0 aliphatic carbocycles. The van der Waals surface area contributed by atoms with Gasteiger partial charge in [0.15, 0.2) is 16.6 Å². The summed E-state index contributed by atoms with van der Waals surface area (Å²) in [6.07, 6.45) is 1.51. The quantitative estimate of drug-likeness (QED) is 0.435. The second-order valence-electron chi connectivity index (χ2n) is 5.99. The third-order valence-electron chi connectivity index (χ3n) is 3.87. The molecule has 1 amide bonds. The highest BCUT2D eigenvalue weighted by Gasteiger charge is 2.13. The number of anilines is 1. The third-order valence-corrected chi connectivity index (χ3v) is 5.09. The number of carbonyl (C=O) groups excluding carboxylic acids is 1. The van der Waals surface area contributed by atoms with E-state index in [9.17, 15) is 4.79 Å². The van der Waals surface area contributed by atoms with Crippen LogP contribution in [0.5, 0.6) is 11.5 Å². The van der Waals surface area contributed by atoms with E-state index in [4.69, 9.17) is 26.8 Å². The van der Waals surface area contributed by atoms with Gasteiger partial charge in [-0.25, -0.2) is 10.4 Å². The number of aromatic nitrogens is 1. The predicted octanol–water partition coefficient (Wildman–Crippen LogP) is 4.04. The summed E-state index contributed by atoms with van der Waals surface area (Å²) in [6.45, 7) is 2.08. The molecule has 0 saturated carbocycles. The Morgan fingerprint density at radius 2 is 2.14 bits per heavy atom. The first kappa shape index (κ1) is 20.6. The molecule has 0 fully saturated rings. The number of hydrogen-bond acceptors (Lipinski definition) is 7. The molecule has 2 aromatic carbocycles. The lowest BCUT2D eigenvalue weighted by Gasteiger charge is -2.11. The summed E-state index contributed by atoms with van der Waals surface area (Å²) in [5.41, 5.74) is 10.3. The van der Waals surface area contributed by atoms with Crippen LogP contribution in [0.2, 0.25) is 5.02 Å². The lowest BCUT2D eigenvalue weighted by atomic mass is 10.2. The largest absolute Gasteiger partial charge is 0.493 e. The van der Waals surface area contributed by atoms with Crippen molar-refractivity contribution in [2.75, 3.05) is 12.8 Å². The van der Waals surface area contributed by atoms with E-state index in [1.54, 1.807) is 32.2 Å². The molecule has 0 aliphatic rings. The van der Waals surface area contributed by atoms with Gasteiger partial charge >= 0.3 is 0 Å². The van der Waals surface area contributed by atoms with Gasteiger partial charge in [0, 0.05) is 5.02 Å². The van der Waals surface area contributed by atoms with Crippen LogP contribution in [-0.4, -0.2) is 24.2 Å². The van der Waals surface area contributed by atoms with Crippen molar-refractivity contribution in [1.29, 1.82) is 0 Å². The topological polar surface area (TPSA) is 98.8 Å². The van der Waals surface area contributed by atoms with Crippen molar-refractivity contribution in [3.63, 3.8) is 0 Å². The van der Waals surface area contributed by atoms with Crippen LogP contribution in [0.4, 0.5) is 5.13 Å². The molecular weight excluding hydrogens is 412 g/mol. The summed E-state index contributed by atoms with van der Waals surface area (Å²) in [6, 6.07) is 12.8. The molecule has 0 bridgehead atoms. The Hall–Kier alpha value is -3.10. The van der Waals surface area contributed by atoms with Crippen molar-refractivity contribution in [3.05, 3.63) is 69.2 Å². The summed E-state index contributed by atoms with van der Waals surface area (Å²) in [7, 11) is 1.56. The summed E-state index contributed by atoms with van der Waals surface area (Å²) >= 11 is 7.11. The van der Waals surface area contributed by atoms with Crippen molar-refractivity contribution in [2.24, 2.45) is 5.10 Å². The second-order valence-corrected chi connectivity index (χ2v) is 7.46. The molecule has 3 rings (SSSR count).